The summed E-state index contributed by atoms with van der Waals surface area (Å²) in [5, 5.41) is 5.34. The second-order valence-electron chi connectivity index (χ2n) is 8.86. The highest BCUT2D eigenvalue weighted by molar-refractivity contribution is 6.04. The number of piperazine rings is 1. The van der Waals surface area contributed by atoms with Gasteiger partial charge in [0.05, 0.1) is 9.81 Å². The van der Waals surface area contributed by atoms with Gasteiger partial charge in [-0.05, 0) is 67.4 Å². The van der Waals surface area contributed by atoms with Crippen molar-refractivity contribution >= 4 is 23.2 Å². The van der Waals surface area contributed by atoms with Gasteiger partial charge in [-0.3, -0.25) is 14.7 Å². The molecule has 0 aliphatic carbocycles. The van der Waals surface area contributed by atoms with Gasteiger partial charge in [-0.25, -0.2) is 9.97 Å². The van der Waals surface area contributed by atoms with E-state index in [9.17, 15) is 4.79 Å². The van der Waals surface area contributed by atoms with Crippen LogP contribution in [-0.4, -0.2) is 63.9 Å². The van der Waals surface area contributed by atoms with Gasteiger partial charge in [-0.1, -0.05) is 18.2 Å². The predicted molar refractivity (Wildman–Crippen MR) is 147 cm³/mol. The Morgan fingerprint density at radius 3 is 2.68 bits per heavy atom. The summed E-state index contributed by atoms with van der Waals surface area (Å²) in [6, 6.07) is 10.6. The van der Waals surface area contributed by atoms with Gasteiger partial charge in [0.25, 0.3) is 5.91 Å². The largest absolute Gasteiger partial charge is 0.324 e. The van der Waals surface area contributed by atoms with Gasteiger partial charge >= 0.3 is 0 Å². The van der Waals surface area contributed by atoms with Crippen LogP contribution in [0.3, 0.4) is 0 Å². The van der Waals surface area contributed by atoms with Crippen molar-refractivity contribution in [2.24, 2.45) is 0 Å². The molecule has 0 radical (unpaired) electrons. The normalized spacial score (nSPS) is 17.0. The quantitative estimate of drug-likeness (QED) is 0.385. The number of amides is 1. The number of carbonyl (C=O) groups excluding carboxylic acids is 1. The minimum atomic E-state index is -2.84. The highest BCUT2D eigenvalue weighted by Crippen LogP contribution is 2.24. The fourth-order valence-corrected chi connectivity index (χ4v) is 3.98. The Morgan fingerprint density at radius 1 is 1.08 bits per heavy atom. The third kappa shape index (κ3) is 6.35. The zero-order valence-electron chi connectivity index (χ0n) is 26.5. The van der Waals surface area contributed by atoms with E-state index in [2.05, 4.69) is 42.4 Å². The van der Waals surface area contributed by atoms with Gasteiger partial charge in [-0.15, -0.1) is 0 Å². The molecule has 1 aliphatic heterocycles. The topological polar surface area (TPSA) is 86.3 Å². The maximum absolute atomic E-state index is 13.2. The number of rotatable bonds is 7. The summed E-state index contributed by atoms with van der Waals surface area (Å²) in [5.41, 5.74) is 1.43. The fraction of sp³-hybridized carbons (Fsp3) is 0.241. The van der Waals surface area contributed by atoms with Crippen molar-refractivity contribution in [1.29, 1.82) is 0 Å². The number of anilines is 3. The number of benzene rings is 2. The number of nitrogens with one attached hydrogen (secondary N) is 2. The Balaban J connectivity index is 1.42. The van der Waals surface area contributed by atoms with Gasteiger partial charge < -0.3 is 15.5 Å². The summed E-state index contributed by atoms with van der Waals surface area (Å²) < 4.78 is 49.9. The maximum atomic E-state index is 13.2. The first-order chi connectivity index (χ1) is 20.5. The summed E-state index contributed by atoms with van der Waals surface area (Å²) >= 11 is 0. The van der Waals surface area contributed by atoms with Gasteiger partial charge in [0.1, 0.15) is 0 Å². The van der Waals surface area contributed by atoms with Crippen molar-refractivity contribution in [2.75, 3.05) is 43.9 Å². The van der Waals surface area contributed by atoms with E-state index < -0.39 is 36.4 Å². The van der Waals surface area contributed by atoms with Crippen LogP contribution >= 0.6 is 0 Å². The van der Waals surface area contributed by atoms with Crippen LogP contribution in [0.4, 0.5) is 17.3 Å². The summed E-state index contributed by atoms with van der Waals surface area (Å²) in [5.74, 6) is -0.611. The molecule has 2 N–H and O–H groups in total. The van der Waals surface area contributed by atoms with E-state index in [-0.39, 0.29) is 17.3 Å². The lowest BCUT2D eigenvalue weighted by Crippen LogP contribution is -2.43. The number of pyridine rings is 1. The summed E-state index contributed by atoms with van der Waals surface area (Å²) in [6.45, 7) is 1.86. The number of nitrogens with zero attached hydrogens (tertiary/aromatic N) is 5. The average molecular weight is 500 g/mol. The van der Waals surface area contributed by atoms with Crippen LogP contribution in [0.15, 0.2) is 79.2 Å². The summed E-state index contributed by atoms with van der Waals surface area (Å²) in [4.78, 5) is 30.5. The highest BCUT2D eigenvalue weighted by Gasteiger charge is 2.14. The third-order valence-electron chi connectivity index (χ3n) is 6.12. The minimum Gasteiger partial charge on any atom is -0.324 e. The van der Waals surface area contributed by atoms with Gasteiger partial charge in [-0.2, -0.15) is 0 Å². The zero-order chi connectivity index (χ0) is 30.7. The van der Waals surface area contributed by atoms with E-state index in [1.165, 1.54) is 6.20 Å². The molecule has 1 amide bonds. The maximum Gasteiger partial charge on any atom is 0.255 e. The molecule has 37 heavy (non-hydrogen) atoms. The smallest absolute Gasteiger partial charge is 0.255 e. The molecule has 0 saturated carbocycles. The lowest BCUT2D eigenvalue weighted by Gasteiger charge is -2.32. The van der Waals surface area contributed by atoms with Gasteiger partial charge in [0.2, 0.25) is 5.95 Å². The molecule has 8 heteroatoms. The second-order valence-corrected chi connectivity index (χ2v) is 8.86. The van der Waals surface area contributed by atoms with Crippen LogP contribution in [0, 0.1) is 6.85 Å². The van der Waals surface area contributed by atoms with Crippen molar-refractivity contribution < 1.29 is 13.0 Å². The third-order valence-corrected chi connectivity index (χ3v) is 6.12. The molecule has 8 nitrogen and oxygen atoms in total. The molecule has 1 fully saturated rings. The van der Waals surface area contributed by atoms with E-state index in [4.69, 9.17) is 8.22 Å². The Morgan fingerprint density at radius 2 is 1.92 bits per heavy atom. The predicted octanol–water partition coefficient (Wildman–Crippen LogP) is 4.59. The SMILES string of the molecule is [2H]c1c([2H])c(C([2H])([2H])[2H])c(Nc2nccc(-c3cccnc3)n2)c([2H])c1NC(=O)c1ccc(CN2CCN(C)CC2)cc1. The van der Waals surface area contributed by atoms with E-state index in [1.54, 1.807) is 42.7 Å². The number of carbonyl (C=O) groups is 1. The Bertz CT molecular complexity index is 1610. The Labute approximate surface area is 225 Å². The molecular weight excluding hydrogens is 462 g/mol. The molecule has 5 rings (SSSR count). The summed E-state index contributed by atoms with van der Waals surface area (Å²) in [7, 11) is 2.10. The van der Waals surface area contributed by atoms with Gasteiger partial charge in [0.15, 0.2) is 0 Å². The summed E-state index contributed by atoms with van der Waals surface area (Å²) in [6.07, 6.45) is 4.70. The fourth-order valence-electron chi connectivity index (χ4n) is 3.98. The molecular formula is C29H31N7O. The van der Waals surface area contributed by atoms with Crippen LogP contribution in [0.25, 0.3) is 11.3 Å². The van der Waals surface area contributed by atoms with Crippen molar-refractivity contribution in [3.05, 3.63) is 95.9 Å². The zero-order valence-corrected chi connectivity index (χ0v) is 20.5. The number of hydrogen-bond acceptors (Lipinski definition) is 7. The first-order valence-electron chi connectivity index (χ1n) is 15.0. The lowest BCUT2D eigenvalue weighted by molar-refractivity contribution is 0.102. The van der Waals surface area contributed by atoms with Crippen molar-refractivity contribution in [1.82, 2.24) is 24.8 Å². The van der Waals surface area contributed by atoms with E-state index in [0.29, 0.717) is 16.8 Å². The van der Waals surface area contributed by atoms with Crippen LogP contribution in [0.5, 0.6) is 0 Å². The van der Waals surface area contributed by atoms with Crippen molar-refractivity contribution in [2.45, 2.75) is 13.4 Å². The number of likely N-dealkylation sites (N-methyl/N-ethyl adjacent to an activating group) is 1. The molecule has 4 aromatic rings. The molecule has 3 heterocycles. The lowest BCUT2D eigenvalue weighted by atomic mass is 10.1. The van der Waals surface area contributed by atoms with Crippen molar-refractivity contribution in [3.63, 3.8) is 0 Å². The van der Waals surface area contributed by atoms with Crippen molar-refractivity contribution in [3.8, 4) is 11.3 Å². The molecule has 1 saturated heterocycles. The van der Waals surface area contributed by atoms with E-state index >= 15 is 0 Å². The van der Waals surface area contributed by atoms with E-state index in [1.807, 2.05) is 12.1 Å². The van der Waals surface area contributed by atoms with Crippen LogP contribution in [0.2, 0.25) is 0 Å². The molecule has 1 aliphatic rings. The van der Waals surface area contributed by atoms with Crippen LogP contribution in [0.1, 0.15) is 29.7 Å². The average Bonchev–Trinajstić information content (AvgIpc) is 2.99. The molecule has 2 aromatic heterocycles. The Kier molecular flexibility index (Phi) is 5.54. The van der Waals surface area contributed by atoms with Crippen LogP contribution < -0.4 is 10.6 Å². The molecule has 0 spiro atoms. The highest BCUT2D eigenvalue weighted by atomic mass is 16.1. The Hall–Kier alpha value is -4.14. The van der Waals surface area contributed by atoms with Gasteiger partial charge in [0, 0.05) is 77.9 Å². The number of aromatic nitrogens is 3. The number of hydrogen-bond donors (Lipinski definition) is 2. The molecule has 188 valence electrons. The molecule has 0 atom stereocenters. The first-order valence-corrected chi connectivity index (χ1v) is 12.0. The van der Waals surface area contributed by atoms with Crippen LogP contribution in [-0.2, 0) is 6.54 Å². The van der Waals surface area contributed by atoms with E-state index in [0.717, 1.165) is 38.3 Å². The standard InChI is InChI=1S/C29H31N7O/c1-21-5-10-25(18-27(21)34-29-31-13-11-26(33-29)24-4-3-12-30-19-24)32-28(37)23-8-6-22(7-9-23)20-36-16-14-35(2)15-17-36/h3-13,18-19H,14-17,20H2,1-2H3,(H,32,37)(H,31,33,34)/i1D3,5D,10D,18D. The first kappa shape index (κ1) is 18.2. The molecule has 0 unspecified atom stereocenters. The molecule has 2 aromatic carbocycles. The molecule has 0 bridgehead atoms. The minimum absolute atomic E-state index is 0.0225. The monoisotopic (exact) mass is 499 g/mol. The second kappa shape index (κ2) is 11.3.